The van der Waals surface area contributed by atoms with Crippen LogP contribution >= 0.6 is 11.6 Å². The molecule has 0 radical (unpaired) electrons. The van der Waals surface area contributed by atoms with E-state index < -0.39 is 4.92 Å². The topological polar surface area (TPSA) is 67.4 Å². The van der Waals surface area contributed by atoms with Gasteiger partial charge in [0.05, 0.1) is 6.04 Å². The minimum atomic E-state index is -0.431. The minimum Gasteiger partial charge on any atom is -0.358 e. The van der Waals surface area contributed by atoms with Crippen LogP contribution in [0.25, 0.3) is 0 Å². The van der Waals surface area contributed by atoms with Crippen molar-refractivity contribution in [1.82, 2.24) is 19.4 Å². The van der Waals surface area contributed by atoms with E-state index in [-0.39, 0.29) is 18.4 Å². The lowest BCUT2D eigenvalue weighted by Gasteiger charge is -2.38. The molecule has 1 aliphatic heterocycles. The normalized spacial score (nSPS) is 15.6. The summed E-state index contributed by atoms with van der Waals surface area (Å²) in [6.45, 7) is 6.47. The van der Waals surface area contributed by atoms with Gasteiger partial charge in [-0.3, -0.25) is 9.80 Å². The highest BCUT2D eigenvalue weighted by molar-refractivity contribution is 6.31. The van der Waals surface area contributed by atoms with Gasteiger partial charge in [0, 0.05) is 44.7 Å². The molecule has 1 fully saturated rings. The maximum absolute atomic E-state index is 11.3. The molecule has 1 atom stereocenters. The first-order valence-corrected chi connectivity index (χ1v) is 11.3. The molecule has 2 aromatic carbocycles. The number of nitro groups is 1. The molecule has 0 saturated carbocycles. The van der Waals surface area contributed by atoms with E-state index in [1.54, 1.807) is 6.92 Å². The van der Waals surface area contributed by atoms with E-state index in [9.17, 15) is 10.1 Å². The highest BCUT2D eigenvalue weighted by atomic mass is 35.5. The molecule has 1 aromatic heterocycles. The number of piperazine rings is 1. The lowest BCUT2D eigenvalue weighted by atomic mass is 10.0. The Labute approximate surface area is 198 Å². The third kappa shape index (κ3) is 5.60. The fraction of sp³-hybridized carbons (Fsp3) is 0.320. The van der Waals surface area contributed by atoms with Gasteiger partial charge in [-0.05, 0) is 22.1 Å². The van der Waals surface area contributed by atoms with Crippen LogP contribution in [0.15, 0.2) is 60.8 Å². The largest absolute Gasteiger partial charge is 0.358 e. The Morgan fingerprint density at radius 2 is 1.79 bits per heavy atom. The summed E-state index contributed by atoms with van der Waals surface area (Å²) in [5, 5.41) is 11.9. The van der Waals surface area contributed by atoms with Gasteiger partial charge >= 0.3 is 5.82 Å². The SMILES string of the molecule is Cc1ncc([N+](=O)[O-])n1CC#CC(c1ccccc1Cl)N1CCN(Cc2ccccc2)CC1. The van der Waals surface area contributed by atoms with Crippen molar-refractivity contribution in [1.29, 1.82) is 0 Å². The van der Waals surface area contributed by atoms with Crippen molar-refractivity contribution in [2.75, 3.05) is 26.2 Å². The predicted octanol–water partition coefficient (Wildman–Crippen LogP) is 4.32. The molecular formula is C25H26ClN5O2. The summed E-state index contributed by atoms with van der Waals surface area (Å²) in [7, 11) is 0. The van der Waals surface area contributed by atoms with Gasteiger partial charge < -0.3 is 10.1 Å². The van der Waals surface area contributed by atoms with Crippen LogP contribution in [0.5, 0.6) is 0 Å². The summed E-state index contributed by atoms with van der Waals surface area (Å²) >= 11 is 6.54. The van der Waals surface area contributed by atoms with Crippen LogP contribution in [-0.2, 0) is 13.1 Å². The standard InChI is InChI=1S/C25H26ClN5O2/c1-20-27-18-25(31(32)33)30(20)13-7-12-24(22-10-5-6-11-23(22)26)29-16-14-28(15-17-29)19-21-8-3-2-4-9-21/h2-6,8-11,18,24H,13-17,19H2,1H3. The number of aryl methyl sites for hydroxylation is 1. The molecule has 3 aromatic rings. The quantitative estimate of drug-likeness (QED) is 0.309. The predicted molar refractivity (Wildman–Crippen MR) is 129 cm³/mol. The first-order valence-electron chi connectivity index (χ1n) is 10.9. The van der Waals surface area contributed by atoms with E-state index >= 15 is 0 Å². The minimum absolute atomic E-state index is 0.0504. The van der Waals surface area contributed by atoms with Crippen LogP contribution in [0.4, 0.5) is 5.82 Å². The molecule has 1 saturated heterocycles. The zero-order valence-corrected chi connectivity index (χ0v) is 19.3. The van der Waals surface area contributed by atoms with E-state index in [0.717, 1.165) is 38.3 Å². The van der Waals surface area contributed by atoms with Crippen molar-refractivity contribution in [2.24, 2.45) is 0 Å². The molecule has 0 amide bonds. The molecule has 4 rings (SSSR count). The first kappa shape index (κ1) is 23.0. The Kier molecular flexibility index (Phi) is 7.40. The highest BCUT2D eigenvalue weighted by Crippen LogP contribution is 2.28. The third-order valence-electron chi connectivity index (χ3n) is 5.92. The van der Waals surface area contributed by atoms with Crippen LogP contribution in [0.1, 0.15) is 23.0 Å². The molecule has 2 heterocycles. The molecule has 0 aliphatic carbocycles. The Morgan fingerprint density at radius 1 is 1.09 bits per heavy atom. The molecule has 170 valence electrons. The Balaban J connectivity index is 1.50. The summed E-state index contributed by atoms with van der Waals surface area (Å²) < 4.78 is 1.52. The second-order valence-corrected chi connectivity index (χ2v) is 8.46. The van der Waals surface area contributed by atoms with Crippen LogP contribution in [-0.4, -0.2) is 50.5 Å². The maximum atomic E-state index is 11.3. The van der Waals surface area contributed by atoms with E-state index in [1.165, 1.54) is 16.3 Å². The zero-order chi connectivity index (χ0) is 23.2. The number of nitrogens with zero attached hydrogens (tertiary/aromatic N) is 5. The van der Waals surface area contributed by atoms with Gasteiger partial charge in [0.25, 0.3) is 0 Å². The zero-order valence-electron chi connectivity index (χ0n) is 18.5. The van der Waals surface area contributed by atoms with Crippen LogP contribution in [0.3, 0.4) is 0 Å². The highest BCUT2D eigenvalue weighted by Gasteiger charge is 2.25. The fourth-order valence-electron chi connectivity index (χ4n) is 4.10. The fourth-order valence-corrected chi connectivity index (χ4v) is 4.34. The monoisotopic (exact) mass is 463 g/mol. The molecule has 7 nitrogen and oxygen atoms in total. The molecule has 8 heteroatoms. The van der Waals surface area contributed by atoms with E-state index in [0.29, 0.717) is 10.8 Å². The molecule has 1 aliphatic rings. The number of hydrogen-bond donors (Lipinski definition) is 0. The van der Waals surface area contributed by atoms with E-state index in [4.69, 9.17) is 11.6 Å². The van der Waals surface area contributed by atoms with Crippen molar-refractivity contribution in [3.05, 3.63) is 92.9 Å². The third-order valence-corrected chi connectivity index (χ3v) is 6.26. The van der Waals surface area contributed by atoms with Crippen LogP contribution in [0.2, 0.25) is 5.02 Å². The van der Waals surface area contributed by atoms with Gasteiger partial charge in [0.1, 0.15) is 6.20 Å². The number of rotatable bonds is 6. The summed E-state index contributed by atoms with van der Waals surface area (Å²) in [4.78, 5) is 19.7. The number of hydrogen-bond acceptors (Lipinski definition) is 5. The van der Waals surface area contributed by atoms with Gasteiger partial charge in [-0.1, -0.05) is 72.0 Å². The number of aromatic nitrogens is 2. The van der Waals surface area contributed by atoms with Crippen molar-refractivity contribution in [2.45, 2.75) is 26.1 Å². The first-order chi connectivity index (χ1) is 16.0. The second-order valence-electron chi connectivity index (χ2n) is 8.05. The van der Waals surface area contributed by atoms with Gasteiger partial charge in [-0.15, -0.1) is 0 Å². The lowest BCUT2D eigenvalue weighted by molar-refractivity contribution is -0.392. The smallest absolute Gasteiger partial charge is 0.343 e. The molecule has 1 unspecified atom stereocenters. The molecule has 0 N–H and O–H groups in total. The molecular weight excluding hydrogens is 438 g/mol. The van der Waals surface area contributed by atoms with E-state index in [1.807, 2.05) is 30.3 Å². The van der Waals surface area contributed by atoms with E-state index in [2.05, 4.69) is 50.9 Å². The van der Waals surface area contributed by atoms with Crippen LogP contribution in [0, 0.1) is 28.9 Å². The van der Waals surface area contributed by atoms with Crippen molar-refractivity contribution in [3.63, 3.8) is 0 Å². The summed E-state index contributed by atoms with van der Waals surface area (Å²) in [6.07, 6.45) is 1.27. The number of imidazole rings is 1. The Morgan fingerprint density at radius 3 is 2.48 bits per heavy atom. The molecule has 0 bridgehead atoms. The summed E-state index contributed by atoms with van der Waals surface area (Å²) in [5.41, 5.74) is 2.27. The Hall–Kier alpha value is -3.18. The van der Waals surface area contributed by atoms with Crippen molar-refractivity contribution < 1.29 is 4.92 Å². The second kappa shape index (κ2) is 10.6. The van der Waals surface area contributed by atoms with Crippen molar-refractivity contribution >= 4 is 17.4 Å². The maximum Gasteiger partial charge on any atom is 0.343 e. The average molecular weight is 464 g/mol. The average Bonchev–Trinajstić information content (AvgIpc) is 3.19. The number of benzene rings is 2. The Bertz CT molecular complexity index is 1160. The summed E-state index contributed by atoms with van der Waals surface area (Å²) in [5.74, 6) is 7.02. The lowest BCUT2D eigenvalue weighted by Crippen LogP contribution is -2.47. The number of halogens is 1. The molecule has 33 heavy (non-hydrogen) atoms. The van der Waals surface area contributed by atoms with Crippen molar-refractivity contribution in [3.8, 4) is 11.8 Å². The van der Waals surface area contributed by atoms with Gasteiger partial charge in [-0.25, -0.2) is 4.98 Å². The van der Waals surface area contributed by atoms with Crippen LogP contribution < -0.4 is 0 Å². The molecule has 0 spiro atoms. The summed E-state index contributed by atoms with van der Waals surface area (Å²) in [6, 6.07) is 18.1. The van der Waals surface area contributed by atoms with Gasteiger partial charge in [-0.2, -0.15) is 4.57 Å². The van der Waals surface area contributed by atoms with Gasteiger partial charge in [0.2, 0.25) is 0 Å². The van der Waals surface area contributed by atoms with Gasteiger partial charge in [0.15, 0.2) is 12.4 Å².